The summed E-state index contributed by atoms with van der Waals surface area (Å²) in [6.45, 7) is 0.839. The van der Waals surface area contributed by atoms with Gasteiger partial charge in [-0.15, -0.1) is 0 Å². The van der Waals surface area contributed by atoms with E-state index >= 15 is 0 Å². The highest BCUT2D eigenvalue weighted by atomic mass is 16.2. The maximum atomic E-state index is 13.2. The molecule has 0 spiro atoms. The minimum atomic E-state index is -0.377. The van der Waals surface area contributed by atoms with Crippen LogP contribution in [0.3, 0.4) is 0 Å². The molecular weight excluding hydrogens is 348 g/mol. The minimum absolute atomic E-state index is 0.147. The van der Waals surface area contributed by atoms with E-state index in [0.29, 0.717) is 18.8 Å². The second-order valence-corrected chi connectivity index (χ2v) is 6.81. The van der Waals surface area contributed by atoms with Crippen molar-refractivity contribution in [1.82, 2.24) is 9.88 Å². The van der Waals surface area contributed by atoms with Crippen LogP contribution in [0.1, 0.15) is 22.7 Å². The molecule has 3 aromatic rings. The lowest BCUT2D eigenvalue weighted by Crippen LogP contribution is -2.45. The normalized spacial score (nSPS) is 18.5. The molecule has 138 valence electrons. The largest absolute Gasteiger partial charge is 0.333 e. The third-order valence-corrected chi connectivity index (χ3v) is 4.90. The Bertz CT molecular complexity index is 999. The van der Waals surface area contributed by atoms with Crippen LogP contribution >= 0.6 is 0 Å². The van der Waals surface area contributed by atoms with E-state index in [1.165, 1.54) is 0 Å². The summed E-state index contributed by atoms with van der Waals surface area (Å²) in [5.74, 6) is -0.768. The Kier molecular flexibility index (Phi) is 5.11. The van der Waals surface area contributed by atoms with E-state index < -0.39 is 0 Å². The van der Waals surface area contributed by atoms with Crippen molar-refractivity contribution in [2.45, 2.75) is 12.5 Å². The van der Waals surface area contributed by atoms with Gasteiger partial charge in [-0.2, -0.15) is 0 Å². The summed E-state index contributed by atoms with van der Waals surface area (Å²) in [4.78, 5) is 32.3. The van der Waals surface area contributed by atoms with Gasteiger partial charge < -0.3 is 4.90 Å². The van der Waals surface area contributed by atoms with Crippen molar-refractivity contribution in [2.24, 2.45) is 0 Å². The molecule has 0 N–H and O–H groups in total. The Morgan fingerprint density at radius 2 is 1.57 bits per heavy atom. The molecule has 1 fully saturated rings. The number of hydrogen-bond donors (Lipinski definition) is 0. The van der Waals surface area contributed by atoms with Gasteiger partial charge in [-0.25, -0.2) is 0 Å². The van der Waals surface area contributed by atoms with Crippen molar-refractivity contribution in [3.05, 3.63) is 107 Å². The van der Waals surface area contributed by atoms with E-state index in [-0.39, 0.29) is 23.2 Å². The summed E-state index contributed by atoms with van der Waals surface area (Å²) in [5.41, 5.74) is 2.75. The monoisotopic (exact) mass is 368 g/mol. The summed E-state index contributed by atoms with van der Waals surface area (Å²) in [6.07, 6.45) is 3.26. The van der Waals surface area contributed by atoms with Gasteiger partial charge in [0.1, 0.15) is 0 Å². The van der Waals surface area contributed by atoms with Crippen LogP contribution in [-0.4, -0.2) is 28.1 Å². The predicted octanol–water partition coefficient (Wildman–Crippen LogP) is 3.86. The van der Waals surface area contributed by atoms with Gasteiger partial charge in [0.05, 0.1) is 17.2 Å². The highest BCUT2D eigenvalue weighted by molar-refractivity contribution is 6.25. The molecule has 1 aliphatic heterocycles. The topological polar surface area (TPSA) is 50.3 Å². The van der Waals surface area contributed by atoms with Crippen molar-refractivity contribution >= 4 is 17.8 Å². The van der Waals surface area contributed by atoms with E-state index in [4.69, 9.17) is 0 Å². The number of rotatable bonds is 4. The predicted molar refractivity (Wildman–Crippen MR) is 108 cm³/mol. The zero-order valence-electron chi connectivity index (χ0n) is 15.4. The lowest BCUT2D eigenvalue weighted by atomic mass is 9.85. The molecule has 0 saturated carbocycles. The standard InChI is InChI=1S/C24H20N2O2/c27-23-21(15-20-13-7-8-14-25-20)24(28)26(16-18-9-3-1-4-10-18)17-22(23)19-11-5-2-6-12-19/h1-15,22H,16-17H2. The smallest absolute Gasteiger partial charge is 0.257 e. The number of piperidine rings is 1. The molecule has 1 aromatic heterocycles. The van der Waals surface area contributed by atoms with Gasteiger partial charge in [0, 0.05) is 19.3 Å². The van der Waals surface area contributed by atoms with Crippen molar-refractivity contribution in [3.8, 4) is 0 Å². The zero-order chi connectivity index (χ0) is 19.3. The second-order valence-electron chi connectivity index (χ2n) is 6.81. The van der Waals surface area contributed by atoms with Crippen LogP contribution in [0.25, 0.3) is 6.08 Å². The third kappa shape index (κ3) is 3.76. The quantitative estimate of drug-likeness (QED) is 0.519. The van der Waals surface area contributed by atoms with E-state index in [0.717, 1.165) is 11.1 Å². The minimum Gasteiger partial charge on any atom is -0.333 e. The Balaban J connectivity index is 1.72. The Labute approximate surface area is 164 Å². The number of hydrogen-bond acceptors (Lipinski definition) is 3. The number of benzene rings is 2. The van der Waals surface area contributed by atoms with Crippen molar-refractivity contribution in [1.29, 1.82) is 0 Å². The number of amides is 1. The first-order valence-electron chi connectivity index (χ1n) is 9.27. The summed E-state index contributed by atoms with van der Waals surface area (Å²) in [6, 6.07) is 24.9. The number of nitrogens with zero attached hydrogens (tertiary/aromatic N) is 2. The molecule has 4 heteroatoms. The highest BCUT2D eigenvalue weighted by Gasteiger charge is 2.37. The summed E-state index contributed by atoms with van der Waals surface area (Å²) in [5, 5.41) is 0. The molecule has 0 radical (unpaired) electrons. The fourth-order valence-electron chi connectivity index (χ4n) is 3.47. The molecule has 0 aliphatic carbocycles. The van der Waals surface area contributed by atoms with Crippen LogP contribution in [-0.2, 0) is 16.1 Å². The maximum absolute atomic E-state index is 13.2. The average Bonchev–Trinajstić information content (AvgIpc) is 2.75. The number of carbonyl (C=O) groups excluding carboxylic acids is 2. The Hall–Kier alpha value is -3.53. The number of aromatic nitrogens is 1. The van der Waals surface area contributed by atoms with Gasteiger partial charge in [-0.1, -0.05) is 66.7 Å². The van der Waals surface area contributed by atoms with Gasteiger partial charge in [0.25, 0.3) is 5.91 Å². The number of ketones is 1. The molecule has 1 amide bonds. The third-order valence-electron chi connectivity index (χ3n) is 4.90. The van der Waals surface area contributed by atoms with Crippen LogP contribution in [0.4, 0.5) is 0 Å². The molecule has 0 bridgehead atoms. The van der Waals surface area contributed by atoms with Crippen LogP contribution in [0.5, 0.6) is 0 Å². The van der Waals surface area contributed by atoms with E-state index in [9.17, 15) is 9.59 Å². The van der Waals surface area contributed by atoms with Gasteiger partial charge in [-0.05, 0) is 29.3 Å². The lowest BCUT2D eigenvalue weighted by Gasteiger charge is -2.33. The van der Waals surface area contributed by atoms with E-state index in [1.54, 1.807) is 29.3 Å². The lowest BCUT2D eigenvalue weighted by molar-refractivity contribution is -0.134. The summed E-state index contributed by atoms with van der Waals surface area (Å²) in [7, 11) is 0. The van der Waals surface area contributed by atoms with E-state index in [1.807, 2.05) is 66.7 Å². The SMILES string of the molecule is O=C1C(=Cc2ccccn2)C(=O)N(Cc2ccccc2)CC1c1ccccc1. The van der Waals surface area contributed by atoms with Crippen LogP contribution in [0.15, 0.2) is 90.6 Å². The summed E-state index contributed by atoms with van der Waals surface area (Å²) < 4.78 is 0. The Morgan fingerprint density at radius 1 is 0.893 bits per heavy atom. The number of Topliss-reactive ketones (excluding diaryl/α,β-unsaturated/α-hetero) is 1. The molecule has 1 unspecified atom stereocenters. The molecule has 28 heavy (non-hydrogen) atoms. The fraction of sp³-hybridized carbons (Fsp3) is 0.125. The van der Waals surface area contributed by atoms with Crippen LogP contribution in [0, 0.1) is 0 Å². The first kappa shape index (κ1) is 17.9. The van der Waals surface area contributed by atoms with Gasteiger partial charge in [0.15, 0.2) is 5.78 Å². The molecule has 2 heterocycles. The Morgan fingerprint density at radius 3 is 2.25 bits per heavy atom. The maximum Gasteiger partial charge on any atom is 0.257 e. The van der Waals surface area contributed by atoms with Gasteiger partial charge in [-0.3, -0.25) is 14.6 Å². The van der Waals surface area contributed by atoms with Crippen molar-refractivity contribution in [2.75, 3.05) is 6.54 Å². The molecule has 4 nitrogen and oxygen atoms in total. The van der Waals surface area contributed by atoms with Gasteiger partial charge >= 0.3 is 0 Å². The second kappa shape index (κ2) is 8.01. The van der Waals surface area contributed by atoms with E-state index in [2.05, 4.69) is 4.98 Å². The molecular formula is C24H20N2O2. The van der Waals surface area contributed by atoms with Crippen molar-refractivity contribution in [3.63, 3.8) is 0 Å². The average molecular weight is 368 g/mol. The molecule has 1 aliphatic rings. The van der Waals surface area contributed by atoms with Crippen LogP contribution < -0.4 is 0 Å². The molecule has 4 rings (SSSR count). The van der Waals surface area contributed by atoms with Crippen LogP contribution in [0.2, 0.25) is 0 Å². The van der Waals surface area contributed by atoms with Crippen molar-refractivity contribution < 1.29 is 9.59 Å². The first-order valence-corrected chi connectivity index (χ1v) is 9.27. The number of likely N-dealkylation sites (tertiary alicyclic amines) is 1. The summed E-state index contributed by atoms with van der Waals surface area (Å²) >= 11 is 0. The highest BCUT2D eigenvalue weighted by Crippen LogP contribution is 2.29. The molecule has 2 aromatic carbocycles. The zero-order valence-corrected chi connectivity index (χ0v) is 15.4. The molecule has 1 atom stereocenters. The first-order chi connectivity index (χ1) is 13.7. The fourth-order valence-corrected chi connectivity index (χ4v) is 3.47. The molecule has 1 saturated heterocycles. The number of pyridine rings is 1. The number of carbonyl (C=O) groups is 2. The van der Waals surface area contributed by atoms with Gasteiger partial charge in [0.2, 0.25) is 0 Å².